The van der Waals surface area contributed by atoms with Crippen LogP contribution in [-0.4, -0.2) is 0 Å². The Morgan fingerprint density at radius 2 is 2.00 bits per heavy atom. The summed E-state index contributed by atoms with van der Waals surface area (Å²) in [7, 11) is 2.34. The summed E-state index contributed by atoms with van der Waals surface area (Å²) in [5, 5.41) is 0. The van der Waals surface area contributed by atoms with Crippen molar-refractivity contribution in [3.05, 3.63) is 11.4 Å². The van der Waals surface area contributed by atoms with Crippen molar-refractivity contribution in [3.8, 4) is 0 Å². The van der Waals surface area contributed by atoms with Crippen molar-refractivity contribution in [3.63, 3.8) is 0 Å². The van der Waals surface area contributed by atoms with Crippen LogP contribution in [0.4, 0.5) is 0 Å². The third-order valence-electron chi connectivity index (χ3n) is 0.0727. The molecule has 1 unspecified atom stereocenters. The van der Waals surface area contributed by atoms with Crippen molar-refractivity contribution in [2.45, 2.75) is 0 Å². The molecule has 0 aromatic carbocycles. The largest absolute Gasteiger partial charge is 0.113 e. The summed E-state index contributed by atoms with van der Waals surface area (Å²) >= 11 is 4.98. The van der Waals surface area contributed by atoms with Crippen LogP contribution in [-0.2, 0) is 0 Å². The van der Waals surface area contributed by atoms with E-state index in [0.717, 1.165) is 0 Å². The third kappa shape index (κ3) is 2.46. The van der Waals surface area contributed by atoms with Crippen LogP contribution in [0.3, 0.4) is 0 Å². The fraction of sp³-hybridized carbons (Fsp3) is 0. The molecule has 0 aliphatic carbocycles. The second-order valence-corrected chi connectivity index (χ2v) is 0.955. The van der Waals surface area contributed by atoms with E-state index in [0.29, 0.717) is 0 Å². The minimum atomic E-state index is 1.44. The molecule has 0 heterocycles. The quantitative estimate of drug-likeness (QED) is 0.400. The number of halogens is 1. The molecule has 0 aromatic rings. The molecular formula is C2H4ClP. The van der Waals surface area contributed by atoms with E-state index in [9.17, 15) is 0 Å². The monoisotopic (exact) mass is 94.0 g/mol. The zero-order valence-electron chi connectivity index (χ0n) is 2.11. The highest BCUT2D eigenvalue weighted by Gasteiger charge is 1.37. The van der Waals surface area contributed by atoms with E-state index in [1.54, 1.807) is 5.82 Å². The van der Waals surface area contributed by atoms with Gasteiger partial charge >= 0.3 is 0 Å². The molecular weight excluding hydrogens is 90.4 g/mol. The second kappa shape index (κ2) is 3.46. The van der Waals surface area contributed by atoms with Crippen LogP contribution in [0.2, 0.25) is 0 Å². The van der Waals surface area contributed by atoms with E-state index in [1.165, 1.54) is 5.54 Å². The topological polar surface area (TPSA) is 0 Å². The minimum Gasteiger partial charge on any atom is -0.113 e. The predicted octanol–water partition coefficient (Wildman–Crippen LogP) is 1.57. The van der Waals surface area contributed by atoms with E-state index in [4.69, 9.17) is 11.6 Å². The predicted molar refractivity (Wildman–Crippen MR) is 24.7 cm³/mol. The van der Waals surface area contributed by atoms with Crippen molar-refractivity contribution < 1.29 is 0 Å². The van der Waals surface area contributed by atoms with Gasteiger partial charge in [0.2, 0.25) is 0 Å². The highest BCUT2D eigenvalue weighted by atomic mass is 35.5. The number of rotatable bonds is 0. The van der Waals surface area contributed by atoms with Gasteiger partial charge in [0.25, 0.3) is 0 Å². The Hall–Kier alpha value is 0.460. The molecule has 0 nitrogen and oxygen atoms in total. The van der Waals surface area contributed by atoms with Crippen LogP contribution < -0.4 is 0 Å². The fourth-order valence-electron chi connectivity index (χ4n) is 0. The Kier molecular flexibility index (Phi) is 3.86. The SMILES string of the molecule is PC=CCl. The van der Waals surface area contributed by atoms with Gasteiger partial charge in [-0.05, 0) is 0 Å². The van der Waals surface area contributed by atoms with Gasteiger partial charge in [-0.1, -0.05) is 17.4 Å². The molecule has 0 fully saturated rings. The number of hydrogen-bond donors (Lipinski definition) is 0. The van der Waals surface area contributed by atoms with Crippen LogP contribution >= 0.6 is 20.8 Å². The molecule has 2 heteroatoms. The normalized spacial score (nSPS) is 9.50. The molecule has 1 atom stereocenters. The van der Waals surface area contributed by atoms with E-state index >= 15 is 0 Å². The Morgan fingerprint density at radius 1 is 1.75 bits per heavy atom. The van der Waals surface area contributed by atoms with Gasteiger partial charge in [0.15, 0.2) is 0 Å². The lowest BCUT2D eigenvalue weighted by atomic mass is 11.3. The molecule has 4 heavy (non-hydrogen) atoms. The highest BCUT2D eigenvalue weighted by molar-refractivity contribution is 7.20. The van der Waals surface area contributed by atoms with Gasteiger partial charge in [-0.2, -0.15) is 0 Å². The number of hydrogen-bond acceptors (Lipinski definition) is 0. The zero-order chi connectivity index (χ0) is 3.41. The molecule has 0 saturated heterocycles. The zero-order valence-corrected chi connectivity index (χ0v) is 4.02. The fourth-order valence-corrected chi connectivity index (χ4v) is 0. The lowest BCUT2D eigenvalue weighted by Crippen LogP contribution is -1.09. The van der Waals surface area contributed by atoms with Gasteiger partial charge in [-0.15, -0.1) is 9.24 Å². The van der Waals surface area contributed by atoms with Crippen molar-refractivity contribution in [1.29, 1.82) is 0 Å². The van der Waals surface area contributed by atoms with Gasteiger partial charge < -0.3 is 0 Å². The Labute approximate surface area is 33.0 Å². The smallest absolute Gasteiger partial charge is 0.00421 e. The molecule has 0 aromatic heterocycles. The van der Waals surface area contributed by atoms with E-state index in [-0.39, 0.29) is 0 Å². The molecule has 24 valence electrons. The first-order valence-electron chi connectivity index (χ1n) is 0.885. The van der Waals surface area contributed by atoms with Gasteiger partial charge in [-0.25, -0.2) is 0 Å². The van der Waals surface area contributed by atoms with E-state index in [1.807, 2.05) is 0 Å². The minimum absolute atomic E-state index is 1.44. The maximum atomic E-state index is 4.98. The summed E-state index contributed by atoms with van der Waals surface area (Å²) in [5.41, 5.74) is 1.44. The molecule has 0 bridgehead atoms. The Morgan fingerprint density at radius 3 is 2.00 bits per heavy atom. The lowest BCUT2D eigenvalue weighted by molar-refractivity contribution is 2.54. The van der Waals surface area contributed by atoms with Crippen molar-refractivity contribution in [2.75, 3.05) is 0 Å². The average molecular weight is 94.5 g/mol. The van der Waals surface area contributed by atoms with Crippen LogP contribution in [0.1, 0.15) is 0 Å². The molecule has 0 spiro atoms. The van der Waals surface area contributed by atoms with Crippen molar-refractivity contribution in [1.82, 2.24) is 0 Å². The van der Waals surface area contributed by atoms with Gasteiger partial charge in [0.05, 0.1) is 0 Å². The molecule has 0 rings (SSSR count). The summed E-state index contributed by atoms with van der Waals surface area (Å²) < 4.78 is 0. The van der Waals surface area contributed by atoms with Gasteiger partial charge in [0.1, 0.15) is 0 Å². The maximum Gasteiger partial charge on any atom is 0.00421 e. The first-order valence-corrected chi connectivity index (χ1v) is 1.99. The van der Waals surface area contributed by atoms with Crippen molar-refractivity contribution >= 4 is 20.8 Å². The van der Waals surface area contributed by atoms with Gasteiger partial charge in [0, 0.05) is 5.54 Å². The van der Waals surface area contributed by atoms with Crippen LogP contribution in [0.5, 0.6) is 0 Å². The standard InChI is InChI=1S/C2H4ClP/c3-1-2-4/h1-2H,4H2. The summed E-state index contributed by atoms with van der Waals surface area (Å²) in [6.07, 6.45) is 0. The first-order chi connectivity index (χ1) is 1.91. The Balaban J connectivity index is 2.55. The third-order valence-corrected chi connectivity index (χ3v) is 0.655. The second-order valence-electron chi connectivity index (χ2n) is 0.318. The average Bonchev–Trinajstić information content (AvgIpc) is 1.37. The molecule has 0 aliphatic heterocycles. The maximum absolute atomic E-state index is 4.98. The summed E-state index contributed by atoms with van der Waals surface area (Å²) in [4.78, 5) is 0. The van der Waals surface area contributed by atoms with Crippen LogP contribution in [0.25, 0.3) is 0 Å². The first kappa shape index (κ1) is 4.46. The van der Waals surface area contributed by atoms with Crippen LogP contribution in [0.15, 0.2) is 11.4 Å². The highest BCUT2D eigenvalue weighted by Crippen LogP contribution is 1.83. The van der Waals surface area contributed by atoms with Crippen molar-refractivity contribution in [2.24, 2.45) is 0 Å². The summed E-state index contributed by atoms with van der Waals surface area (Å²) in [5.74, 6) is 1.68. The van der Waals surface area contributed by atoms with E-state index < -0.39 is 0 Å². The molecule has 0 saturated carbocycles. The van der Waals surface area contributed by atoms with Crippen LogP contribution in [0, 0.1) is 0 Å². The molecule has 0 amide bonds. The summed E-state index contributed by atoms with van der Waals surface area (Å²) in [6, 6.07) is 0. The Bertz CT molecular complexity index is 21.2. The van der Waals surface area contributed by atoms with Gasteiger partial charge in [-0.3, -0.25) is 0 Å². The lowest BCUT2D eigenvalue weighted by Gasteiger charge is -1.47. The molecule has 0 N–H and O–H groups in total. The summed E-state index contributed by atoms with van der Waals surface area (Å²) in [6.45, 7) is 0. The van der Waals surface area contributed by atoms with E-state index in [2.05, 4.69) is 9.24 Å². The molecule has 0 radical (unpaired) electrons. The molecule has 0 aliphatic rings.